The molecule has 1 aromatic heterocycles. The van der Waals surface area contributed by atoms with Crippen molar-refractivity contribution in [2.45, 2.75) is 20.5 Å². The Balaban J connectivity index is 2.00. The van der Waals surface area contributed by atoms with Gasteiger partial charge < -0.3 is 9.68 Å². The average molecular weight is 297 g/mol. The van der Waals surface area contributed by atoms with Crippen molar-refractivity contribution in [2.24, 2.45) is 10.3 Å². The summed E-state index contributed by atoms with van der Waals surface area (Å²) in [6, 6.07) is 13.6. The van der Waals surface area contributed by atoms with Crippen LogP contribution >= 0.6 is 0 Å². The third kappa shape index (κ3) is 4.41. The molecule has 0 aliphatic carbocycles. The molecule has 0 aliphatic rings. The molecule has 0 bridgehead atoms. The van der Waals surface area contributed by atoms with Gasteiger partial charge in [0.25, 0.3) is 0 Å². The summed E-state index contributed by atoms with van der Waals surface area (Å²) >= 11 is 0. The molecular formula is C17H19N3O2. The quantitative estimate of drug-likeness (QED) is 0.606. The Morgan fingerprint density at radius 3 is 2.64 bits per heavy atom. The van der Waals surface area contributed by atoms with Crippen LogP contribution in [0, 0.1) is 0 Å². The second kappa shape index (κ2) is 7.93. The highest BCUT2D eigenvalue weighted by molar-refractivity contribution is 5.98. The number of hydrogen-bond acceptors (Lipinski definition) is 5. The molecule has 114 valence electrons. The topological polar surface area (TPSA) is 56.1 Å². The van der Waals surface area contributed by atoms with Crippen LogP contribution in [0.5, 0.6) is 0 Å². The fourth-order valence-corrected chi connectivity index (χ4v) is 1.90. The monoisotopic (exact) mass is 297 g/mol. The van der Waals surface area contributed by atoms with Gasteiger partial charge >= 0.3 is 0 Å². The van der Waals surface area contributed by atoms with Gasteiger partial charge in [-0.25, -0.2) is 0 Å². The van der Waals surface area contributed by atoms with Gasteiger partial charge in [0.1, 0.15) is 19.4 Å². The largest absolute Gasteiger partial charge is 0.399 e. The Kier molecular flexibility index (Phi) is 5.65. The summed E-state index contributed by atoms with van der Waals surface area (Å²) in [5.41, 5.74) is 4.37. The third-order valence-corrected chi connectivity index (χ3v) is 3.04. The van der Waals surface area contributed by atoms with Gasteiger partial charge in [-0.1, -0.05) is 34.6 Å². The number of nitrogens with zero attached hydrogens (tertiary/aromatic N) is 3. The zero-order chi connectivity index (χ0) is 15.8. The molecule has 0 N–H and O–H groups in total. The lowest BCUT2D eigenvalue weighted by Gasteiger charge is -2.05. The number of oxime groups is 2. The SMILES string of the molecule is CO/N=C(\C)c1cccc(CO/N=C(\C)c2ccccn2)c1. The third-order valence-electron chi connectivity index (χ3n) is 3.04. The van der Waals surface area contributed by atoms with E-state index < -0.39 is 0 Å². The summed E-state index contributed by atoms with van der Waals surface area (Å²) in [6.07, 6.45) is 1.73. The van der Waals surface area contributed by atoms with Crippen molar-refractivity contribution in [3.63, 3.8) is 0 Å². The van der Waals surface area contributed by atoms with E-state index in [1.165, 1.54) is 7.11 Å². The van der Waals surface area contributed by atoms with Crippen LogP contribution in [0.4, 0.5) is 0 Å². The fourth-order valence-electron chi connectivity index (χ4n) is 1.90. The van der Waals surface area contributed by atoms with Crippen molar-refractivity contribution in [2.75, 3.05) is 7.11 Å². The molecule has 0 saturated carbocycles. The van der Waals surface area contributed by atoms with Crippen molar-refractivity contribution in [3.05, 3.63) is 65.5 Å². The summed E-state index contributed by atoms with van der Waals surface area (Å²) in [6.45, 7) is 4.15. The van der Waals surface area contributed by atoms with E-state index in [4.69, 9.17) is 9.68 Å². The minimum Gasteiger partial charge on any atom is -0.399 e. The predicted octanol–water partition coefficient (Wildman–Crippen LogP) is 3.39. The first kappa shape index (κ1) is 15.7. The summed E-state index contributed by atoms with van der Waals surface area (Å²) in [5, 5.41) is 8.02. The minimum atomic E-state index is 0.387. The fraction of sp³-hybridized carbons (Fsp3) is 0.235. The van der Waals surface area contributed by atoms with Gasteiger partial charge in [0, 0.05) is 6.20 Å². The molecule has 1 aromatic carbocycles. The molecule has 0 aliphatic heterocycles. The molecule has 0 unspecified atom stereocenters. The van der Waals surface area contributed by atoms with Crippen LogP contribution in [-0.2, 0) is 16.3 Å². The highest BCUT2D eigenvalue weighted by Gasteiger charge is 2.01. The molecule has 0 amide bonds. The zero-order valence-corrected chi connectivity index (χ0v) is 13.0. The van der Waals surface area contributed by atoms with Gasteiger partial charge in [-0.3, -0.25) is 4.98 Å². The number of benzene rings is 1. The van der Waals surface area contributed by atoms with Gasteiger partial charge in [0.15, 0.2) is 0 Å². The second-order valence-electron chi connectivity index (χ2n) is 4.72. The minimum absolute atomic E-state index is 0.387. The molecule has 0 fully saturated rings. The van der Waals surface area contributed by atoms with Crippen LogP contribution in [0.3, 0.4) is 0 Å². The summed E-state index contributed by atoms with van der Waals surface area (Å²) in [4.78, 5) is 14.4. The Morgan fingerprint density at radius 1 is 1.05 bits per heavy atom. The van der Waals surface area contributed by atoms with E-state index >= 15 is 0 Å². The van der Waals surface area contributed by atoms with Crippen molar-refractivity contribution in [3.8, 4) is 0 Å². The zero-order valence-electron chi connectivity index (χ0n) is 13.0. The first-order chi connectivity index (χ1) is 10.7. The van der Waals surface area contributed by atoms with Crippen LogP contribution < -0.4 is 0 Å². The molecule has 0 saturated heterocycles. The van der Waals surface area contributed by atoms with Crippen LogP contribution in [-0.4, -0.2) is 23.5 Å². The van der Waals surface area contributed by atoms with Gasteiger partial charge in [0.05, 0.1) is 11.4 Å². The maximum Gasteiger partial charge on any atom is 0.142 e. The maximum atomic E-state index is 5.41. The van der Waals surface area contributed by atoms with Crippen LogP contribution in [0.15, 0.2) is 59.0 Å². The Labute approximate surface area is 130 Å². The molecule has 0 radical (unpaired) electrons. The summed E-state index contributed by atoms with van der Waals surface area (Å²) in [5.74, 6) is 0. The standard InChI is InChI=1S/C17H19N3O2/c1-13(19-21-3)16-8-6-7-15(11-16)12-22-20-14(2)17-9-4-5-10-18-17/h4-11H,12H2,1-3H3/b19-13+,20-14+. The Hall–Kier alpha value is -2.69. The van der Waals surface area contributed by atoms with E-state index in [9.17, 15) is 0 Å². The number of rotatable bonds is 6. The van der Waals surface area contributed by atoms with E-state index in [2.05, 4.69) is 15.3 Å². The van der Waals surface area contributed by atoms with Crippen LogP contribution in [0.2, 0.25) is 0 Å². The van der Waals surface area contributed by atoms with E-state index in [0.717, 1.165) is 28.2 Å². The number of pyridine rings is 1. The molecule has 5 nitrogen and oxygen atoms in total. The first-order valence-corrected chi connectivity index (χ1v) is 6.95. The van der Waals surface area contributed by atoms with Gasteiger partial charge in [0.2, 0.25) is 0 Å². The predicted molar refractivity (Wildman–Crippen MR) is 86.9 cm³/mol. The van der Waals surface area contributed by atoms with Gasteiger partial charge in [-0.05, 0) is 43.2 Å². The molecule has 1 heterocycles. The van der Waals surface area contributed by atoms with E-state index in [1.54, 1.807) is 6.20 Å². The van der Waals surface area contributed by atoms with Crippen molar-refractivity contribution >= 4 is 11.4 Å². The first-order valence-electron chi connectivity index (χ1n) is 6.95. The molecule has 0 atom stereocenters. The van der Waals surface area contributed by atoms with Crippen LogP contribution in [0.25, 0.3) is 0 Å². The van der Waals surface area contributed by atoms with E-state index in [0.29, 0.717) is 6.61 Å². The lowest BCUT2D eigenvalue weighted by atomic mass is 10.1. The molecule has 22 heavy (non-hydrogen) atoms. The van der Waals surface area contributed by atoms with Gasteiger partial charge in [-0.15, -0.1) is 0 Å². The second-order valence-corrected chi connectivity index (χ2v) is 4.72. The molecule has 2 aromatic rings. The van der Waals surface area contributed by atoms with E-state index in [1.807, 2.05) is 56.3 Å². The number of aromatic nitrogens is 1. The molecular weight excluding hydrogens is 278 g/mol. The van der Waals surface area contributed by atoms with Crippen LogP contribution in [0.1, 0.15) is 30.7 Å². The average Bonchev–Trinajstić information content (AvgIpc) is 2.56. The molecule has 2 rings (SSSR count). The normalized spacial score (nSPS) is 12.1. The maximum absolute atomic E-state index is 5.41. The molecule has 5 heteroatoms. The molecule has 0 spiro atoms. The lowest BCUT2D eigenvalue weighted by molar-refractivity contribution is 0.130. The van der Waals surface area contributed by atoms with Gasteiger partial charge in [-0.2, -0.15) is 0 Å². The Bertz CT molecular complexity index is 667. The van der Waals surface area contributed by atoms with Crippen molar-refractivity contribution in [1.29, 1.82) is 0 Å². The van der Waals surface area contributed by atoms with Crippen molar-refractivity contribution in [1.82, 2.24) is 4.98 Å². The summed E-state index contributed by atoms with van der Waals surface area (Å²) in [7, 11) is 1.53. The smallest absolute Gasteiger partial charge is 0.142 e. The summed E-state index contributed by atoms with van der Waals surface area (Å²) < 4.78 is 0. The van der Waals surface area contributed by atoms with Crippen molar-refractivity contribution < 1.29 is 9.68 Å². The highest BCUT2D eigenvalue weighted by Crippen LogP contribution is 2.09. The highest BCUT2D eigenvalue weighted by atomic mass is 16.6. The lowest BCUT2D eigenvalue weighted by Crippen LogP contribution is -2.00. The van der Waals surface area contributed by atoms with E-state index in [-0.39, 0.29) is 0 Å². The Morgan fingerprint density at radius 2 is 1.91 bits per heavy atom. The number of hydrogen-bond donors (Lipinski definition) is 0.